The Morgan fingerprint density at radius 1 is 1.91 bits per heavy atom. The Balaban J connectivity index is 2.57. The maximum Gasteiger partial charge on any atom is 0.251 e. The van der Waals surface area contributed by atoms with Gasteiger partial charge in [0.25, 0.3) is 5.91 Å². The third-order valence-electron chi connectivity index (χ3n) is 1.01. The van der Waals surface area contributed by atoms with E-state index in [-0.39, 0.29) is 0 Å². The van der Waals surface area contributed by atoms with Crippen LogP contribution in [0.25, 0.3) is 0 Å². The van der Waals surface area contributed by atoms with Gasteiger partial charge in [0.1, 0.15) is 6.61 Å². The zero-order valence-electron chi connectivity index (χ0n) is 6.00. The van der Waals surface area contributed by atoms with Crippen molar-refractivity contribution in [2.45, 2.75) is 6.92 Å². The summed E-state index contributed by atoms with van der Waals surface area (Å²) in [5.41, 5.74) is 0.864. The summed E-state index contributed by atoms with van der Waals surface area (Å²) < 4.78 is 0. The third kappa shape index (κ3) is 2.28. The molecule has 0 spiro atoms. The second-order valence-corrected chi connectivity index (χ2v) is 2.86. The SMILES string of the molecule is Cc1csc(NC(=O)CO)n1. The summed E-state index contributed by atoms with van der Waals surface area (Å²) in [7, 11) is 0. The highest BCUT2D eigenvalue weighted by atomic mass is 32.1. The third-order valence-corrected chi connectivity index (χ3v) is 1.88. The highest BCUT2D eigenvalue weighted by Crippen LogP contribution is 2.13. The van der Waals surface area contributed by atoms with Gasteiger partial charge in [0.2, 0.25) is 0 Å². The lowest BCUT2D eigenvalue weighted by molar-refractivity contribution is -0.118. The maximum atomic E-state index is 10.6. The molecule has 1 aromatic heterocycles. The Kier molecular flexibility index (Phi) is 2.56. The van der Waals surface area contributed by atoms with Crippen molar-refractivity contribution in [1.29, 1.82) is 0 Å². The molecule has 0 aromatic carbocycles. The number of hydrogen-bond donors (Lipinski definition) is 2. The minimum Gasteiger partial charge on any atom is -0.387 e. The normalized spacial score (nSPS) is 9.64. The fourth-order valence-electron chi connectivity index (χ4n) is 0.570. The van der Waals surface area contributed by atoms with Gasteiger partial charge in [-0.3, -0.25) is 10.1 Å². The molecule has 0 unspecified atom stereocenters. The van der Waals surface area contributed by atoms with E-state index >= 15 is 0 Å². The number of aryl methyl sites for hydroxylation is 1. The number of rotatable bonds is 2. The van der Waals surface area contributed by atoms with Crippen molar-refractivity contribution in [3.8, 4) is 0 Å². The van der Waals surface area contributed by atoms with Crippen molar-refractivity contribution < 1.29 is 9.90 Å². The molecule has 0 atom stereocenters. The van der Waals surface area contributed by atoms with E-state index in [1.807, 2.05) is 12.3 Å². The van der Waals surface area contributed by atoms with Gasteiger partial charge in [-0.05, 0) is 6.92 Å². The molecule has 1 heterocycles. The lowest BCUT2D eigenvalue weighted by atomic mass is 10.6. The van der Waals surface area contributed by atoms with Crippen LogP contribution in [0.4, 0.5) is 5.13 Å². The first-order valence-corrected chi connectivity index (χ1v) is 3.93. The van der Waals surface area contributed by atoms with Crippen molar-refractivity contribution in [3.63, 3.8) is 0 Å². The van der Waals surface area contributed by atoms with Crippen LogP contribution >= 0.6 is 11.3 Å². The number of aliphatic hydroxyl groups is 1. The van der Waals surface area contributed by atoms with Crippen molar-refractivity contribution in [2.24, 2.45) is 0 Å². The number of thiazole rings is 1. The van der Waals surface area contributed by atoms with Crippen LogP contribution in [0.1, 0.15) is 5.69 Å². The van der Waals surface area contributed by atoms with Gasteiger partial charge in [0.05, 0.1) is 5.69 Å². The summed E-state index contributed by atoms with van der Waals surface area (Å²) in [6.07, 6.45) is 0. The lowest BCUT2D eigenvalue weighted by Crippen LogP contribution is -2.15. The van der Waals surface area contributed by atoms with Crippen molar-refractivity contribution in [2.75, 3.05) is 11.9 Å². The van der Waals surface area contributed by atoms with Gasteiger partial charge in [-0.25, -0.2) is 4.98 Å². The second kappa shape index (κ2) is 3.45. The smallest absolute Gasteiger partial charge is 0.251 e. The number of nitrogens with one attached hydrogen (secondary N) is 1. The van der Waals surface area contributed by atoms with E-state index in [9.17, 15) is 4.79 Å². The van der Waals surface area contributed by atoms with Crippen molar-refractivity contribution in [1.82, 2.24) is 4.98 Å². The molecular formula is C6H8N2O2S. The van der Waals surface area contributed by atoms with Gasteiger partial charge in [0, 0.05) is 5.38 Å². The molecule has 0 bridgehead atoms. The molecule has 11 heavy (non-hydrogen) atoms. The van der Waals surface area contributed by atoms with E-state index < -0.39 is 12.5 Å². The second-order valence-electron chi connectivity index (χ2n) is 2.00. The fourth-order valence-corrected chi connectivity index (χ4v) is 1.27. The molecule has 0 saturated heterocycles. The first-order chi connectivity index (χ1) is 5.22. The van der Waals surface area contributed by atoms with Crippen LogP contribution < -0.4 is 5.32 Å². The van der Waals surface area contributed by atoms with E-state index in [1.165, 1.54) is 11.3 Å². The summed E-state index contributed by atoms with van der Waals surface area (Å²) in [4.78, 5) is 14.6. The zero-order valence-corrected chi connectivity index (χ0v) is 6.81. The fraction of sp³-hybridized carbons (Fsp3) is 0.333. The van der Waals surface area contributed by atoms with Crippen LogP contribution in [0, 0.1) is 6.92 Å². The summed E-state index contributed by atoms with van der Waals surface area (Å²) in [5.74, 6) is -0.431. The van der Waals surface area contributed by atoms with Gasteiger partial charge in [-0.2, -0.15) is 0 Å². The number of anilines is 1. The Labute approximate surface area is 67.9 Å². The van der Waals surface area contributed by atoms with E-state index in [0.29, 0.717) is 5.13 Å². The molecular weight excluding hydrogens is 164 g/mol. The molecule has 0 radical (unpaired) electrons. The van der Waals surface area contributed by atoms with Gasteiger partial charge in [-0.1, -0.05) is 0 Å². The number of hydrogen-bond acceptors (Lipinski definition) is 4. The van der Waals surface area contributed by atoms with Gasteiger partial charge in [0.15, 0.2) is 5.13 Å². The molecule has 60 valence electrons. The number of aromatic nitrogens is 1. The molecule has 1 amide bonds. The van der Waals surface area contributed by atoms with Crippen LogP contribution in [0.2, 0.25) is 0 Å². The summed E-state index contributed by atoms with van der Waals surface area (Å²) in [6, 6.07) is 0. The quantitative estimate of drug-likeness (QED) is 0.678. The molecule has 1 rings (SSSR count). The number of carbonyl (C=O) groups is 1. The number of amides is 1. The van der Waals surface area contributed by atoms with E-state index in [1.54, 1.807) is 0 Å². The lowest BCUT2D eigenvalue weighted by Gasteiger charge is -1.94. The van der Waals surface area contributed by atoms with E-state index in [0.717, 1.165) is 5.69 Å². The molecule has 0 saturated carbocycles. The Hall–Kier alpha value is -0.940. The predicted molar refractivity (Wildman–Crippen MR) is 42.6 cm³/mol. The van der Waals surface area contributed by atoms with E-state index in [4.69, 9.17) is 5.11 Å². The number of nitrogens with zero attached hydrogens (tertiary/aromatic N) is 1. The molecule has 5 heteroatoms. The summed E-state index contributed by atoms with van der Waals surface area (Å²) >= 11 is 1.34. The Morgan fingerprint density at radius 2 is 2.64 bits per heavy atom. The Morgan fingerprint density at radius 3 is 3.09 bits per heavy atom. The molecule has 0 aliphatic heterocycles. The van der Waals surface area contributed by atoms with Gasteiger partial charge in [-0.15, -0.1) is 11.3 Å². The molecule has 1 aromatic rings. The number of carbonyl (C=O) groups excluding carboxylic acids is 1. The van der Waals surface area contributed by atoms with Gasteiger partial charge < -0.3 is 5.11 Å². The maximum absolute atomic E-state index is 10.6. The molecule has 0 aliphatic rings. The van der Waals surface area contributed by atoms with Gasteiger partial charge >= 0.3 is 0 Å². The number of aliphatic hydroxyl groups excluding tert-OH is 1. The van der Waals surface area contributed by atoms with E-state index in [2.05, 4.69) is 10.3 Å². The topological polar surface area (TPSA) is 62.2 Å². The van der Waals surface area contributed by atoms with Crippen LogP contribution in [-0.2, 0) is 4.79 Å². The largest absolute Gasteiger partial charge is 0.387 e. The molecule has 0 aliphatic carbocycles. The monoisotopic (exact) mass is 172 g/mol. The van der Waals surface area contributed by atoms with Crippen LogP contribution in [0.3, 0.4) is 0 Å². The Bertz CT molecular complexity index is 259. The first-order valence-electron chi connectivity index (χ1n) is 3.05. The molecule has 2 N–H and O–H groups in total. The summed E-state index contributed by atoms with van der Waals surface area (Å²) in [6.45, 7) is 1.34. The first kappa shape index (κ1) is 8.16. The summed E-state index contributed by atoms with van der Waals surface area (Å²) in [5, 5.41) is 13.2. The zero-order chi connectivity index (χ0) is 8.27. The predicted octanol–water partition coefficient (Wildman–Crippen LogP) is 0.382. The van der Waals surface area contributed by atoms with Crippen LogP contribution in [0.5, 0.6) is 0 Å². The molecule has 4 nitrogen and oxygen atoms in total. The highest BCUT2D eigenvalue weighted by molar-refractivity contribution is 7.13. The van der Waals surface area contributed by atoms with Crippen molar-refractivity contribution in [3.05, 3.63) is 11.1 Å². The highest BCUT2D eigenvalue weighted by Gasteiger charge is 2.01. The minimum absolute atomic E-state index is 0.431. The molecule has 0 fully saturated rings. The standard InChI is InChI=1S/C6H8N2O2S/c1-4-3-11-6(7-4)8-5(10)2-9/h3,9H,2H2,1H3,(H,7,8,10). The van der Waals surface area contributed by atoms with Crippen LogP contribution in [0.15, 0.2) is 5.38 Å². The van der Waals surface area contributed by atoms with Crippen LogP contribution in [-0.4, -0.2) is 22.6 Å². The van der Waals surface area contributed by atoms with Crippen molar-refractivity contribution >= 4 is 22.4 Å². The average molecular weight is 172 g/mol. The minimum atomic E-state index is -0.501. The average Bonchev–Trinajstić information content (AvgIpc) is 2.35.